The van der Waals surface area contributed by atoms with E-state index in [-0.39, 0.29) is 10.3 Å². The Bertz CT molecular complexity index is 515. The summed E-state index contributed by atoms with van der Waals surface area (Å²) >= 11 is 0. The van der Waals surface area contributed by atoms with Crippen LogP contribution in [0.3, 0.4) is 0 Å². The summed E-state index contributed by atoms with van der Waals surface area (Å²) in [4.78, 5) is 0.206. The van der Waals surface area contributed by atoms with Crippen LogP contribution in [-0.4, -0.2) is 20.6 Å². The van der Waals surface area contributed by atoms with Gasteiger partial charge in [-0.1, -0.05) is 0 Å². The minimum atomic E-state index is -3.23. The first kappa shape index (κ1) is 9.17. The lowest BCUT2D eigenvalue weighted by molar-refractivity contribution is 0.144. The molecule has 0 saturated heterocycles. The van der Waals surface area contributed by atoms with Crippen molar-refractivity contribution in [1.82, 2.24) is 9.78 Å². The second-order valence-electron chi connectivity index (χ2n) is 4.36. The van der Waals surface area contributed by atoms with Crippen LogP contribution in [0.1, 0.15) is 12.8 Å². The molecule has 1 unspecified atom stereocenters. The second kappa shape index (κ2) is 2.53. The quantitative estimate of drug-likeness (QED) is 0.725. The van der Waals surface area contributed by atoms with Gasteiger partial charge in [0.05, 0.1) is 19.3 Å². The van der Waals surface area contributed by atoms with E-state index < -0.39 is 9.92 Å². The van der Waals surface area contributed by atoms with Gasteiger partial charge in [0.25, 0.3) is 0 Å². The molecule has 1 spiro atoms. The summed E-state index contributed by atoms with van der Waals surface area (Å²) in [6, 6.07) is 0. The lowest BCUT2D eigenvalue weighted by Gasteiger charge is -2.23. The largest absolute Gasteiger partial charge is 0.476 e. The van der Waals surface area contributed by atoms with Crippen LogP contribution >= 0.6 is 0 Å². The van der Waals surface area contributed by atoms with E-state index in [1.54, 1.807) is 4.68 Å². The Hall–Kier alpha value is -1.08. The first-order valence-electron chi connectivity index (χ1n) is 4.75. The maximum atomic E-state index is 11.4. The average molecular weight is 228 g/mol. The number of hydrogen-bond acceptors (Lipinski definition) is 4. The van der Waals surface area contributed by atoms with Gasteiger partial charge in [-0.2, -0.15) is 5.10 Å². The van der Waals surface area contributed by atoms with Gasteiger partial charge in [0.15, 0.2) is 0 Å². The fraction of sp³-hybridized carbons (Fsp3) is 0.625. The van der Waals surface area contributed by atoms with Crippen LogP contribution in [-0.2, 0) is 16.5 Å². The fourth-order valence-electron chi connectivity index (χ4n) is 1.89. The number of nitrogens with zero attached hydrogens (tertiary/aromatic N) is 2. The summed E-state index contributed by atoms with van der Waals surface area (Å²) in [5.74, 6) is 0.412. The van der Waals surface area contributed by atoms with Crippen molar-refractivity contribution in [3.05, 3.63) is 6.20 Å². The van der Waals surface area contributed by atoms with E-state index in [1.165, 1.54) is 6.20 Å². The molecule has 6 nitrogen and oxygen atoms in total. The number of ether oxygens (including phenoxy) is 1. The van der Waals surface area contributed by atoms with Gasteiger partial charge < -0.3 is 4.74 Å². The molecule has 1 atom stereocenters. The van der Waals surface area contributed by atoms with Crippen LogP contribution in [0.25, 0.3) is 0 Å². The summed E-state index contributed by atoms with van der Waals surface area (Å²) in [5, 5.41) is 9.34. The Kier molecular flexibility index (Phi) is 1.55. The molecule has 1 aliphatic carbocycles. The van der Waals surface area contributed by atoms with Gasteiger partial charge >= 0.3 is 0 Å². The molecule has 1 aliphatic heterocycles. The Morgan fingerprint density at radius 1 is 1.67 bits per heavy atom. The van der Waals surface area contributed by atoms with E-state index in [2.05, 4.69) is 5.10 Å². The van der Waals surface area contributed by atoms with Crippen molar-refractivity contribution in [3.63, 3.8) is 0 Å². The van der Waals surface area contributed by atoms with Gasteiger partial charge in [-0.05, 0) is 12.8 Å². The van der Waals surface area contributed by atoms with Crippen LogP contribution in [0.15, 0.2) is 11.1 Å². The molecule has 3 rings (SSSR count). The third kappa shape index (κ3) is 1.34. The molecule has 1 aromatic rings. The fourth-order valence-corrected chi connectivity index (χ4v) is 2.51. The normalized spacial score (nSPS) is 25.4. The summed E-state index contributed by atoms with van der Waals surface area (Å²) in [5.41, 5.74) is 0.244. The number of nitrogens with two attached hydrogens (primary N) is 1. The molecular weight excluding hydrogens is 216 g/mol. The van der Waals surface area contributed by atoms with Crippen molar-refractivity contribution in [1.29, 1.82) is 4.78 Å². The van der Waals surface area contributed by atoms with Crippen molar-refractivity contribution in [3.8, 4) is 5.88 Å². The SMILES string of the molecule is N=S(N)(=O)c1cnn2c1OCC1(CC1)C2. The molecule has 1 aromatic heterocycles. The van der Waals surface area contributed by atoms with Crippen LogP contribution in [0.2, 0.25) is 0 Å². The van der Waals surface area contributed by atoms with Gasteiger partial charge in [0.2, 0.25) is 5.88 Å². The number of rotatable bonds is 1. The Balaban J connectivity index is 2.06. The van der Waals surface area contributed by atoms with Gasteiger partial charge in [-0.15, -0.1) is 0 Å². The maximum absolute atomic E-state index is 11.4. The summed E-state index contributed by atoms with van der Waals surface area (Å²) in [6.45, 7) is 1.42. The average Bonchev–Trinajstić information content (AvgIpc) is 2.75. The lowest BCUT2D eigenvalue weighted by Crippen LogP contribution is -2.28. The number of fused-ring (bicyclic) bond motifs is 1. The van der Waals surface area contributed by atoms with Crippen molar-refractivity contribution < 1.29 is 8.95 Å². The molecule has 15 heavy (non-hydrogen) atoms. The highest BCUT2D eigenvalue weighted by atomic mass is 32.2. The minimum Gasteiger partial charge on any atom is -0.476 e. The minimum absolute atomic E-state index is 0.206. The molecule has 2 heterocycles. The van der Waals surface area contributed by atoms with Crippen molar-refractivity contribution in [2.45, 2.75) is 24.3 Å². The highest BCUT2D eigenvalue weighted by molar-refractivity contribution is 7.90. The first-order valence-corrected chi connectivity index (χ1v) is 6.38. The van der Waals surface area contributed by atoms with E-state index in [0.717, 1.165) is 19.4 Å². The smallest absolute Gasteiger partial charge is 0.230 e. The van der Waals surface area contributed by atoms with Crippen molar-refractivity contribution in [2.75, 3.05) is 6.61 Å². The van der Waals surface area contributed by atoms with Crippen LogP contribution in [0, 0.1) is 10.2 Å². The van der Waals surface area contributed by atoms with E-state index >= 15 is 0 Å². The zero-order valence-corrected chi connectivity index (χ0v) is 8.92. The van der Waals surface area contributed by atoms with Gasteiger partial charge in [0, 0.05) is 5.41 Å². The molecule has 3 N–H and O–H groups in total. The monoisotopic (exact) mass is 228 g/mol. The topological polar surface area (TPSA) is 94.0 Å². The third-order valence-corrected chi connectivity index (χ3v) is 3.98. The molecule has 0 amide bonds. The highest BCUT2D eigenvalue weighted by Gasteiger charge is 2.47. The standard InChI is InChI=1S/C8H12N4O2S/c9-15(10,13)6-3-11-12-4-8(1-2-8)5-14-7(6)12/h3H,1-2,4-5H2,(H3,9,10,13). The molecule has 0 bridgehead atoms. The van der Waals surface area contributed by atoms with E-state index in [9.17, 15) is 4.21 Å². The van der Waals surface area contributed by atoms with Crippen LogP contribution in [0.5, 0.6) is 5.88 Å². The number of nitrogens with one attached hydrogen (secondary N) is 1. The van der Waals surface area contributed by atoms with Gasteiger partial charge in [-0.25, -0.2) is 18.8 Å². The molecular formula is C8H12N4O2S. The van der Waals surface area contributed by atoms with Crippen LogP contribution < -0.4 is 9.88 Å². The van der Waals surface area contributed by atoms with Gasteiger partial charge in [-0.3, -0.25) is 0 Å². The van der Waals surface area contributed by atoms with Crippen molar-refractivity contribution >= 4 is 9.92 Å². The molecule has 1 saturated carbocycles. The van der Waals surface area contributed by atoms with Crippen molar-refractivity contribution in [2.24, 2.45) is 10.6 Å². The summed E-state index contributed by atoms with van der Waals surface area (Å²) in [6.07, 6.45) is 3.69. The highest BCUT2D eigenvalue weighted by Crippen LogP contribution is 2.50. The van der Waals surface area contributed by atoms with E-state index in [0.29, 0.717) is 12.5 Å². The Morgan fingerprint density at radius 2 is 2.40 bits per heavy atom. The predicted octanol–water partition coefficient (Wildman–Crippen LogP) is 0.335. The molecule has 0 aromatic carbocycles. The molecule has 0 radical (unpaired) electrons. The predicted molar refractivity (Wildman–Crippen MR) is 52.7 cm³/mol. The molecule has 2 aliphatic rings. The summed E-state index contributed by atoms with van der Waals surface area (Å²) in [7, 11) is -3.23. The molecule has 82 valence electrons. The Morgan fingerprint density at radius 3 is 3.00 bits per heavy atom. The molecule has 1 fully saturated rings. The lowest BCUT2D eigenvalue weighted by atomic mass is 10.1. The number of hydrogen-bond donors (Lipinski definition) is 2. The maximum Gasteiger partial charge on any atom is 0.230 e. The zero-order valence-electron chi connectivity index (χ0n) is 8.10. The van der Waals surface area contributed by atoms with E-state index in [1.807, 2.05) is 0 Å². The van der Waals surface area contributed by atoms with E-state index in [4.69, 9.17) is 14.7 Å². The van der Waals surface area contributed by atoms with Gasteiger partial charge in [0.1, 0.15) is 14.8 Å². The number of aromatic nitrogens is 2. The third-order valence-electron chi connectivity index (χ3n) is 3.04. The first-order chi connectivity index (χ1) is 7.00. The zero-order chi connectivity index (χ0) is 10.7. The van der Waals surface area contributed by atoms with Crippen LogP contribution in [0.4, 0.5) is 0 Å². The second-order valence-corrected chi connectivity index (χ2v) is 6.00. The summed E-state index contributed by atoms with van der Waals surface area (Å²) < 4.78 is 25.9. The Labute approximate surface area is 87.5 Å². The molecule has 7 heteroatoms.